The molecule has 0 radical (unpaired) electrons. The summed E-state index contributed by atoms with van der Waals surface area (Å²) in [6.07, 6.45) is 2.79. The summed E-state index contributed by atoms with van der Waals surface area (Å²) in [6, 6.07) is 7.34. The Labute approximate surface area is 117 Å². The van der Waals surface area contributed by atoms with Gasteiger partial charge in [-0.1, -0.05) is 0 Å². The molecule has 0 spiro atoms. The van der Waals surface area contributed by atoms with Gasteiger partial charge in [0, 0.05) is 6.20 Å². The van der Waals surface area contributed by atoms with Crippen LogP contribution < -0.4 is 10.6 Å². The van der Waals surface area contributed by atoms with E-state index >= 15 is 0 Å². The maximum atomic E-state index is 11.2. The molecule has 1 amide bonds. The van der Waals surface area contributed by atoms with Crippen LogP contribution >= 0.6 is 0 Å². The number of aromatic nitrogens is 2. The van der Waals surface area contributed by atoms with Crippen molar-refractivity contribution in [1.29, 1.82) is 0 Å². The van der Waals surface area contributed by atoms with Crippen molar-refractivity contribution in [2.45, 2.75) is 13.8 Å². The molecular weight excluding hydrogens is 256 g/mol. The molecular formula is C14H16N4O2. The normalized spacial score (nSPS) is 9.90. The van der Waals surface area contributed by atoms with E-state index < -0.39 is 6.09 Å². The van der Waals surface area contributed by atoms with Crippen molar-refractivity contribution in [3.05, 3.63) is 42.2 Å². The number of carbonyl (C=O) groups is 1. The van der Waals surface area contributed by atoms with Gasteiger partial charge in [-0.3, -0.25) is 5.32 Å². The van der Waals surface area contributed by atoms with E-state index in [2.05, 4.69) is 20.6 Å². The molecule has 0 aliphatic heterocycles. The van der Waals surface area contributed by atoms with E-state index in [9.17, 15) is 4.79 Å². The zero-order chi connectivity index (χ0) is 14.4. The standard InChI is InChI=1S/C14H16N4O2/c1-3-20-14(19)17-11-4-5-12(16-9-11)18-13-8-10(2)6-7-15-13/h4-9H,3H2,1-2H3,(H,17,19)(H,15,16,18). The fourth-order valence-corrected chi connectivity index (χ4v) is 1.56. The van der Waals surface area contributed by atoms with Crippen molar-refractivity contribution in [2.24, 2.45) is 0 Å². The van der Waals surface area contributed by atoms with E-state index in [-0.39, 0.29) is 0 Å². The van der Waals surface area contributed by atoms with Gasteiger partial charge in [0.15, 0.2) is 0 Å². The highest BCUT2D eigenvalue weighted by molar-refractivity contribution is 5.84. The molecule has 2 aromatic rings. The molecule has 0 aliphatic carbocycles. The summed E-state index contributed by atoms with van der Waals surface area (Å²) in [4.78, 5) is 19.6. The maximum absolute atomic E-state index is 11.2. The zero-order valence-electron chi connectivity index (χ0n) is 11.4. The summed E-state index contributed by atoms with van der Waals surface area (Å²) in [6.45, 7) is 4.07. The van der Waals surface area contributed by atoms with Crippen LogP contribution in [0.4, 0.5) is 22.1 Å². The van der Waals surface area contributed by atoms with E-state index in [1.807, 2.05) is 19.1 Å². The van der Waals surface area contributed by atoms with Crippen LogP contribution in [0.2, 0.25) is 0 Å². The molecule has 2 N–H and O–H groups in total. The molecule has 20 heavy (non-hydrogen) atoms. The Bertz CT molecular complexity index is 584. The Morgan fingerprint density at radius 2 is 2.10 bits per heavy atom. The van der Waals surface area contributed by atoms with E-state index in [0.29, 0.717) is 18.1 Å². The second kappa shape index (κ2) is 6.51. The van der Waals surface area contributed by atoms with Crippen LogP contribution in [0, 0.1) is 6.92 Å². The first-order valence-corrected chi connectivity index (χ1v) is 6.27. The smallest absolute Gasteiger partial charge is 0.411 e. The van der Waals surface area contributed by atoms with Crippen molar-refractivity contribution in [3.63, 3.8) is 0 Å². The van der Waals surface area contributed by atoms with Crippen LogP contribution in [0.5, 0.6) is 0 Å². The number of hydrogen-bond donors (Lipinski definition) is 2. The van der Waals surface area contributed by atoms with Crippen LogP contribution in [-0.4, -0.2) is 22.7 Å². The van der Waals surface area contributed by atoms with Crippen molar-refractivity contribution in [2.75, 3.05) is 17.2 Å². The first-order valence-electron chi connectivity index (χ1n) is 6.27. The molecule has 0 fully saturated rings. The summed E-state index contributed by atoms with van der Waals surface area (Å²) >= 11 is 0. The number of hydrogen-bond acceptors (Lipinski definition) is 5. The summed E-state index contributed by atoms with van der Waals surface area (Å²) < 4.78 is 4.78. The third kappa shape index (κ3) is 3.94. The minimum Gasteiger partial charge on any atom is -0.450 e. The number of nitrogens with one attached hydrogen (secondary N) is 2. The van der Waals surface area contributed by atoms with Gasteiger partial charge in [0.2, 0.25) is 0 Å². The lowest BCUT2D eigenvalue weighted by Crippen LogP contribution is -2.13. The molecule has 0 bridgehead atoms. The van der Waals surface area contributed by atoms with E-state index in [1.54, 1.807) is 31.5 Å². The fraction of sp³-hybridized carbons (Fsp3) is 0.214. The van der Waals surface area contributed by atoms with Gasteiger partial charge in [-0.2, -0.15) is 0 Å². The molecule has 2 aromatic heterocycles. The first-order chi connectivity index (χ1) is 9.67. The second-order valence-corrected chi connectivity index (χ2v) is 4.12. The molecule has 2 heterocycles. The Kier molecular flexibility index (Phi) is 4.49. The molecule has 0 unspecified atom stereocenters. The molecule has 0 atom stereocenters. The number of carbonyl (C=O) groups excluding carboxylic acids is 1. The highest BCUT2D eigenvalue weighted by Crippen LogP contribution is 2.15. The molecule has 104 valence electrons. The van der Waals surface area contributed by atoms with Crippen molar-refractivity contribution in [1.82, 2.24) is 9.97 Å². The van der Waals surface area contributed by atoms with Gasteiger partial charge in [0.25, 0.3) is 0 Å². The number of rotatable bonds is 4. The molecule has 6 heteroatoms. The minimum atomic E-state index is -0.490. The predicted molar refractivity (Wildman–Crippen MR) is 77.1 cm³/mol. The monoisotopic (exact) mass is 272 g/mol. The van der Waals surface area contributed by atoms with Crippen LogP contribution in [0.15, 0.2) is 36.7 Å². The van der Waals surface area contributed by atoms with Crippen molar-refractivity contribution in [3.8, 4) is 0 Å². The van der Waals surface area contributed by atoms with Gasteiger partial charge in [0.1, 0.15) is 11.6 Å². The average Bonchev–Trinajstić information content (AvgIpc) is 2.41. The lowest BCUT2D eigenvalue weighted by Gasteiger charge is -2.07. The average molecular weight is 272 g/mol. The highest BCUT2D eigenvalue weighted by Gasteiger charge is 2.03. The summed E-state index contributed by atoms with van der Waals surface area (Å²) in [7, 11) is 0. The van der Waals surface area contributed by atoms with Crippen LogP contribution in [0.25, 0.3) is 0 Å². The minimum absolute atomic E-state index is 0.331. The summed E-state index contributed by atoms with van der Waals surface area (Å²) in [5, 5.41) is 5.66. The van der Waals surface area contributed by atoms with Crippen LogP contribution in [-0.2, 0) is 4.74 Å². The largest absolute Gasteiger partial charge is 0.450 e. The molecule has 0 aliphatic rings. The lowest BCUT2D eigenvalue weighted by molar-refractivity contribution is 0.168. The molecule has 0 aromatic carbocycles. The quantitative estimate of drug-likeness (QED) is 0.894. The van der Waals surface area contributed by atoms with Gasteiger partial charge in [-0.05, 0) is 43.7 Å². The Balaban J connectivity index is 1.99. The number of ether oxygens (including phenoxy) is 1. The topological polar surface area (TPSA) is 76.1 Å². The SMILES string of the molecule is CCOC(=O)Nc1ccc(Nc2cc(C)ccn2)nc1. The summed E-state index contributed by atoms with van der Waals surface area (Å²) in [5.74, 6) is 1.38. The first kappa shape index (κ1) is 13.8. The van der Waals surface area contributed by atoms with Gasteiger partial charge in [-0.15, -0.1) is 0 Å². The molecule has 2 rings (SSSR count). The molecule has 6 nitrogen and oxygen atoms in total. The Hall–Kier alpha value is -2.63. The fourth-order valence-electron chi connectivity index (χ4n) is 1.56. The number of nitrogens with zero attached hydrogens (tertiary/aromatic N) is 2. The number of amides is 1. The van der Waals surface area contributed by atoms with E-state index in [1.165, 1.54) is 0 Å². The molecule has 0 saturated heterocycles. The Morgan fingerprint density at radius 3 is 2.75 bits per heavy atom. The van der Waals surface area contributed by atoms with Gasteiger partial charge in [-0.25, -0.2) is 14.8 Å². The van der Waals surface area contributed by atoms with Crippen LogP contribution in [0.1, 0.15) is 12.5 Å². The third-order valence-corrected chi connectivity index (χ3v) is 2.46. The second-order valence-electron chi connectivity index (χ2n) is 4.12. The van der Waals surface area contributed by atoms with Gasteiger partial charge >= 0.3 is 6.09 Å². The van der Waals surface area contributed by atoms with Crippen molar-refractivity contribution < 1.29 is 9.53 Å². The van der Waals surface area contributed by atoms with E-state index in [0.717, 1.165) is 11.4 Å². The number of anilines is 3. The summed E-state index contributed by atoms with van der Waals surface area (Å²) in [5.41, 5.74) is 1.69. The third-order valence-electron chi connectivity index (χ3n) is 2.46. The van der Waals surface area contributed by atoms with Crippen molar-refractivity contribution >= 4 is 23.4 Å². The van der Waals surface area contributed by atoms with Gasteiger partial charge < -0.3 is 10.1 Å². The highest BCUT2D eigenvalue weighted by atomic mass is 16.5. The number of pyridine rings is 2. The Morgan fingerprint density at radius 1 is 1.25 bits per heavy atom. The molecule has 0 saturated carbocycles. The lowest BCUT2D eigenvalue weighted by atomic mass is 10.3. The van der Waals surface area contributed by atoms with Crippen LogP contribution in [0.3, 0.4) is 0 Å². The predicted octanol–water partition coefficient (Wildman–Crippen LogP) is 3.10. The number of aryl methyl sites for hydroxylation is 1. The van der Waals surface area contributed by atoms with Gasteiger partial charge in [0.05, 0.1) is 18.5 Å². The zero-order valence-corrected chi connectivity index (χ0v) is 11.4. The maximum Gasteiger partial charge on any atom is 0.411 e. The van der Waals surface area contributed by atoms with E-state index in [4.69, 9.17) is 4.74 Å².